The first-order valence-electron chi connectivity index (χ1n) is 6.56. The third-order valence-electron chi connectivity index (χ3n) is 3.31. The molecule has 1 amide bonds. The van der Waals surface area contributed by atoms with Gasteiger partial charge in [0.05, 0.1) is 19.3 Å². The third-order valence-corrected chi connectivity index (χ3v) is 3.31. The van der Waals surface area contributed by atoms with Gasteiger partial charge in [0.15, 0.2) is 0 Å². The minimum absolute atomic E-state index is 0.0782. The normalized spacial score (nSPS) is 18.8. The highest BCUT2D eigenvalue weighted by atomic mass is 16.5. The van der Waals surface area contributed by atoms with Crippen LogP contribution in [0.1, 0.15) is 22.2 Å². The molecule has 1 aromatic carbocycles. The number of morpholine rings is 1. The molecule has 0 bridgehead atoms. The zero-order chi connectivity index (χ0) is 13.8. The Morgan fingerprint density at radius 2 is 2.10 bits per heavy atom. The largest absolute Gasteiger partial charge is 0.370 e. The summed E-state index contributed by atoms with van der Waals surface area (Å²) < 4.78 is 5.75. The smallest absolute Gasteiger partial charge is 0.274 e. The number of carbonyl (C=O) groups is 1. The molecular weight excluding hydrogens is 254 g/mol. The number of ether oxygens (including phenoxy) is 1. The lowest BCUT2D eigenvalue weighted by Gasteiger charge is -2.32. The molecule has 0 radical (unpaired) electrons. The van der Waals surface area contributed by atoms with Gasteiger partial charge in [-0.1, -0.05) is 30.3 Å². The Labute approximate surface area is 117 Å². The second-order valence-corrected chi connectivity index (χ2v) is 4.61. The van der Waals surface area contributed by atoms with Crippen LogP contribution >= 0.6 is 0 Å². The number of rotatable bonds is 2. The molecular formula is C15H15N3O2. The molecule has 5 nitrogen and oxygen atoms in total. The highest BCUT2D eigenvalue weighted by Crippen LogP contribution is 2.22. The van der Waals surface area contributed by atoms with Crippen molar-refractivity contribution in [3.63, 3.8) is 0 Å². The number of nitrogens with zero attached hydrogens (tertiary/aromatic N) is 3. The van der Waals surface area contributed by atoms with Gasteiger partial charge >= 0.3 is 0 Å². The van der Waals surface area contributed by atoms with Crippen LogP contribution in [0.25, 0.3) is 0 Å². The molecule has 1 aliphatic heterocycles. The van der Waals surface area contributed by atoms with Crippen molar-refractivity contribution in [2.75, 3.05) is 19.7 Å². The summed E-state index contributed by atoms with van der Waals surface area (Å²) in [5.41, 5.74) is 1.46. The van der Waals surface area contributed by atoms with E-state index < -0.39 is 0 Å². The predicted molar refractivity (Wildman–Crippen MR) is 73.1 cm³/mol. The third kappa shape index (κ3) is 2.67. The van der Waals surface area contributed by atoms with E-state index in [4.69, 9.17) is 4.74 Å². The van der Waals surface area contributed by atoms with Gasteiger partial charge in [0, 0.05) is 18.9 Å². The van der Waals surface area contributed by atoms with E-state index in [1.807, 2.05) is 30.3 Å². The van der Waals surface area contributed by atoms with Crippen molar-refractivity contribution in [2.24, 2.45) is 0 Å². The highest BCUT2D eigenvalue weighted by molar-refractivity contribution is 5.92. The maximum atomic E-state index is 12.3. The SMILES string of the molecule is O=C(c1cnccn1)N1CCO[C@H](c2ccccc2)C1. The topological polar surface area (TPSA) is 55.3 Å². The fourth-order valence-electron chi connectivity index (χ4n) is 2.27. The van der Waals surface area contributed by atoms with Crippen LogP contribution < -0.4 is 0 Å². The summed E-state index contributed by atoms with van der Waals surface area (Å²) in [6, 6.07) is 9.95. The van der Waals surface area contributed by atoms with Crippen molar-refractivity contribution in [1.29, 1.82) is 0 Å². The van der Waals surface area contributed by atoms with Gasteiger partial charge in [0.25, 0.3) is 5.91 Å². The molecule has 2 aromatic rings. The van der Waals surface area contributed by atoms with Gasteiger partial charge < -0.3 is 9.64 Å². The van der Waals surface area contributed by atoms with Crippen LogP contribution in [0.2, 0.25) is 0 Å². The van der Waals surface area contributed by atoms with E-state index in [9.17, 15) is 4.79 Å². The molecule has 0 saturated carbocycles. The minimum Gasteiger partial charge on any atom is -0.370 e. The molecule has 3 rings (SSSR count). The number of aromatic nitrogens is 2. The summed E-state index contributed by atoms with van der Waals surface area (Å²) in [6.45, 7) is 1.66. The van der Waals surface area contributed by atoms with Crippen LogP contribution in [0.5, 0.6) is 0 Å². The van der Waals surface area contributed by atoms with Gasteiger partial charge in [-0.15, -0.1) is 0 Å². The van der Waals surface area contributed by atoms with E-state index in [0.717, 1.165) is 5.56 Å². The summed E-state index contributed by atoms with van der Waals surface area (Å²) in [6.07, 6.45) is 4.51. The molecule has 0 spiro atoms. The lowest BCUT2D eigenvalue weighted by atomic mass is 10.1. The quantitative estimate of drug-likeness (QED) is 0.832. The summed E-state index contributed by atoms with van der Waals surface area (Å²) in [5.74, 6) is -0.0951. The van der Waals surface area contributed by atoms with Gasteiger partial charge in [-0.05, 0) is 5.56 Å². The lowest BCUT2D eigenvalue weighted by Crippen LogP contribution is -2.42. The summed E-state index contributed by atoms with van der Waals surface area (Å²) >= 11 is 0. The number of amides is 1. The molecule has 0 unspecified atom stereocenters. The van der Waals surface area contributed by atoms with Crippen LogP contribution in [0, 0.1) is 0 Å². The van der Waals surface area contributed by atoms with Crippen molar-refractivity contribution in [1.82, 2.24) is 14.9 Å². The van der Waals surface area contributed by atoms with E-state index in [0.29, 0.717) is 25.4 Å². The maximum Gasteiger partial charge on any atom is 0.274 e. The molecule has 2 heterocycles. The van der Waals surface area contributed by atoms with E-state index in [-0.39, 0.29) is 12.0 Å². The number of hydrogen-bond donors (Lipinski definition) is 0. The Balaban J connectivity index is 1.74. The Bertz CT molecular complexity index is 574. The highest BCUT2D eigenvalue weighted by Gasteiger charge is 2.26. The van der Waals surface area contributed by atoms with E-state index in [1.165, 1.54) is 12.4 Å². The van der Waals surface area contributed by atoms with Crippen LogP contribution in [0.3, 0.4) is 0 Å². The minimum atomic E-state index is -0.0951. The molecule has 1 fully saturated rings. The van der Waals surface area contributed by atoms with Crippen molar-refractivity contribution >= 4 is 5.91 Å². The standard InChI is InChI=1S/C15H15N3O2/c19-15(13-10-16-6-7-17-13)18-8-9-20-14(11-18)12-4-2-1-3-5-12/h1-7,10,14H,8-9,11H2/t14-/m0/s1. The fourth-order valence-corrected chi connectivity index (χ4v) is 2.27. The van der Waals surface area contributed by atoms with Crippen LogP contribution in [-0.4, -0.2) is 40.5 Å². The second kappa shape index (κ2) is 5.79. The summed E-state index contributed by atoms with van der Waals surface area (Å²) in [7, 11) is 0. The van der Waals surface area contributed by atoms with Crippen LogP contribution in [-0.2, 0) is 4.74 Å². The molecule has 0 N–H and O–H groups in total. The zero-order valence-corrected chi connectivity index (χ0v) is 11.0. The zero-order valence-electron chi connectivity index (χ0n) is 11.0. The van der Waals surface area contributed by atoms with Crippen LogP contribution in [0.15, 0.2) is 48.9 Å². The molecule has 20 heavy (non-hydrogen) atoms. The Hall–Kier alpha value is -2.27. The van der Waals surface area contributed by atoms with Gasteiger partial charge in [-0.3, -0.25) is 9.78 Å². The molecule has 0 aliphatic carbocycles. The molecule has 1 atom stereocenters. The van der Waals surface area contributed by atoms with Gasteiger partial charge in [-0.2, -0.15) is 0 Å². The first kappa shape index (κ1) is 12.7. The van der Waals surface area contributed by atoms with E-state index in [1.54, 1.807) is 11.1 Å². The van der Waals surface area contributed by atoms with Crippen LogP contribution in [0.4, 0.5) is 0 Å². The summed E-state index contributed by atoms with van der Waals surface area (Å²) in [5, 5.41) is 0. The Kier molecular flexibility index (Phi) is 3.69. The average Bonchev–Trinajstić information content (AvgIpc) is 2.56. The number of hydrogen-bond acceptors (Lipinski definition) is 4. The van der Waals surface area contributed by atoms with Gasteiger partial charge in [0.2, 0.25) is 0 Å². The second-order valence-electron chi connectivity index (χ2n) is 4.61. The van der Waals surface area contributed by atoms with Gasteiger partial charge in [0.1, 0.15) is 11.8 Å². The van der Waals surface area contributed by atoms with Crippen molar-refractivity contribution in [2.45, 2.75) is 6.10 Å². The van der Waals surface area contributed by atoms with Crippen molar-refractivity contribution in [3.8, 4) is 0 Å². The van der Waals surface area contributed by atoms with E-state index >= 15 is 0 Å². The monoisotopic (exact) mass is 269 g/mol. The van der Waals surface area contributed by atoms with Crippen molar-refractivity contribution < 1.29 is 9.53 Å². The molecule has 1 saturated heterocycles. The predicted octanol–water partition coefficient (Wildman–Crippen LogP) is 1.69. The molecule has 1 aromatic heterocycles. The molecule has 5 heteroatoms. The number of carbonyl (C=O) groups excluding carboxylic acids is 1. The van der Waals surface area contributed by atoms with Gasteiger partial charge in [-0.25, -0.2) is 4.98 Å². The lowest BCUT2D eigenvalue weighted by molar-refractivity contribution is -0.0230. The van der Waals surface area contributed by atoms with Crippen molar-refractivity contribution in [3.05, 3.63) is 60.2 Å². The molecule has 102 valence electrons. The summed E-state index contributed by atoms with van der Waals surface area (Å²) in [4.78, 5) is 22.1. The number of benzene rings is 1. The molecule has 1 aliphatic rings. The Morgan fingerprint density at radius 3 is 2.85 bits per heavy atom. The fraction of sp³-hybridized carbons (Fsp3) is 0.267. The average molecular weight is 269 g/mol. The first-order valence-corrected chi connectivity index (χ1v) is 6.56. The van der Waals surface area contributed by atoms with E-state index in [2.05, 4.69) is 9.97 Å². The Morgan fingerprint density at radius 1 is 1.25 bits per heavy atom. The first-order chi connectivity index (χ1) is 9.84. The maximum absolute atomic E-state index is 12.3.